The Morgan fingerprint density at radius 1 is 1.21 bits per heavy atom. The Kier molecular flexibility index (Phi) is 3.79. The van der Waals surface area contributed by atoms with Gasteiger partial charge in [0.2, 0.25) is 0 Å². The van der Waals surface area contributed by atoms with Crippen molar-refractivity contribution in [3.05, 3.63) is 34.3 Å². The second-order valence-electron chi connectivity index (χ2n) is 4.42. The average Bonchev–Trinajstić information content (AvgIpc) is 2.79. The van der Waals surface area contributed by atoms with Gasteiger partial charge in [-0.3, -0.25) is 0 Å². The minimum absolute atomic E-state index is 0.0797. The van der Waals surface area contributed by atoms with Crippen LogP contribution in [0.2, 0.25) is 5.02 Å². The molecule has 3 nitrogen and oxygen atoms in total. The summed E-state index contributed by atoms with van der Waals surface area (Å²) >= 11 is 5.79. The van der Waals surface area contributed by atoms with Gasteiger partial charge in [0.1, 0.15) is 0 Å². The first kappa shape index (κ1) is 14.6. The maximum atomic E-state index is 12.8. The SMILES string of the molecule is CC(O)(c1cc(Cl)cc(C2OCCO2)c1)C(F)(F)F. The summed E-state index contributed by atoms with van der Waals surface area (Å²) in [5, 5.41) is 9.73. The maximum absolute atomic E-state index is 12.8. The van der Waals surface area contributed by atoms with Gasteiger partial charge in [0.05, 0.1) is 13.2 Å². The number of rotatable bonds is 2. The van der Waals surface area contributed by atoms with E-state index in [0.717, 1.165) is 6.07 Å². The van der Waals surface area contributed by atoms with Crippen molar-refractivity contribution in [1.82, 2.24) is 0 Å². The second-order valence-corrected chi connectivity index (χ2v) is 4.85. The van der Waals surface area contributed by atoms with E-state index in [1.807, 2.05) is 0 Å². The lowest BCUT2D eigenvalue weighted by atomic mass is 9.93. The van der Waals surface area contributed by atoms with Crippen LogP contribution < -0.4 is 0 Å². The molecule has 1 unspecified atom stereocenters. The Hall–Kier alpha value is -0.820. The predicted octanol–water partition coefficient (Wildman–Crippen LogP) is 3.16. The van der Waals surface area contributed by atoms with Crippen LogP contribution in [0.4, 0.5) is 13.2 Å². The lowest BCUT2D eigenvalue weighted by molar-refractivity contribution is -0.258. The van der Waals surface area contributed by atoms with Crippen molar-refractivity contribution in [2.24, 2.45) is 0 Å². The molecule has 1 aromatic carbocycles. The number of hydrogen-bond acceptors (Lipinski definition) is 3. The summed E-state index contributed by atoms with van der Waals surface area (Å²) in [6.07, 6.45) is -5.55. The normalized spacial score (nSPS) is 20.5. The number of hydrogen-bond donors (Lipinski definition) is 1. The molecule has 7 heteroatoms. The molecule has 1 atom stereocenters. The molecular formula is C12H12ClF3O3. The van der Waals surface area contributed by atoms with E-state index in [1.54, 1.807) is 0 Å². The summed E-state index contributed by atoms with van der Waals surface area (Å²) in [7, 11) is 0. The highest BCUT2D eigenvalue weighted by molar-refractivity contribution is 6.30. The fourth-order valence-electron chi connectivity index (χ4n) is 1.74. The average molecular weight is 297 g/mol. The zero-order valence-corrected chi connectivity index (χ0v) is 10.8. The number of alkyl halides is 3. The molecule has 106 valence electrons. The third kappa shape index (κ3) is 2.86. The fraction of sp³-hybridized carbons (Fsp3) is 0.500. The number of ether oxygens (including phenoxy) is 2. The molecular weight excluding hydrogens is 285 g/mol. The molecule has 1 aliphatic rings. The molecule has 1 saturated heterocycles. The van der Waals surface area contributed by atoms with Gasteiger partial charge in [-0.25, -0.2) is 0 Å². The van der Waals surface area contributed by atoms with E-state index in [4.69, 9.17) is 21.1 Å². The van der Waals surface area contributed by atoms with Crippen molar-refractivity contribution in [2.75, 3.05) is 13.2 Å². The highest BCUT2D eigenvalue weighted by atomic mass is 35.5. The molecule has 0 amide bonds. The maximum Gasteiger partial charge on any atom is 0.421 e. The molecule has 1 heterocycles. The van der Waals surface area contributed by atoms with Crippen LogP contribution in [-0.4, -0.2) is 24.5 Å². The fourth-order valence-corrected chi connectivity index (χ4v) is 1.99. The first-order chi connectivity index (χ1) is 8.72. The van der Waals surface area contributed by atoms with Gasteiger partial charge in [0, 0.05) is 10.6 Å². The summed E-state index contributed by atoms with van der Waals surface area (Å²) in [5.41, 5.74) is -2.98. The monoisotopic (exact) mass is 296 g/mol. The molecule has 19 heavy (non-hydrogen) atoms. The van der Waals surface area contributed by atoms with E-state index in [9.17, 15) is 18.3 Å². The van der Waals surface area contributed by atoms with Crippen LogP contribution in [0, 0.1) is 0 Å². The molecule has 0 saturated carbocycles. The molecule has 0 bridgehead atoms. The molecule has 1 aliphatic heterocycles. The summed E-state index contributed by atoms with van der Waals surface area (Å²) in [6.45, 7) is 1.41. The van der Waals surface area contributed by atoms with Gasteiger partial charge in [-0.2, -0.15) is 13.2 Å². The van der Waals surface area contributed by atoms with E-state index < -0.39 is 18.1 Å². The van der Waals surface area contributed by atoms with Crippen molar-refractivity contribution in [1.29, 1.82) is 0 Å². The van der Waals surface area contributed by atoms with Crippen LogP contribution in [0.5, 0.6) is 0 Å². The molecule has 1 N–H and O–H groups in total. The van der Waals surface area contributed by atoms with Gasteiger partial charge in [0.15, 0.2) is 11.9 Å². The first-order valence-corrected chi connectivity index (χ1v) is 5.93. The zero-order chi connectivity index (χ0) is 14.3. The van der Waals surface area contributed by atoms with Gasteiger partial charge in [-0.1, -0.05) is 11.6 Å². The Morgan fingerprint density at radius 3 is 2.32 bits per heavy atom. The summed E-state index contributed by atoms with van der Waals surface area (Å²) < 4.78 is 48.8. The summed E-state index contributed by atoms with van der Waals surface area (Å²) in [4.78, 5) is 0. The van der Waals surface area contributed by atoms with Crippen LogP contribution in [0.1, 0.15) is 24.3 Å². The second kappa shape index (κ2) is 4.94. The van der Waals surface area contributed by atoms with Crippen molar-refractivity contribution in [3.63, 3.8) is 0 Å². The lowest BCUT2D eigenvalue weighted by Crippen LogP contribution is -2.39. The van der Waals surface area contributed by atoms with Crippen LogP contribution in [-0.2, 0) is 15.1 Å². The van der Waals surface area contributed by atoms with Gasteiger partial charge < -0.3 is 14.6 Å². The molecule has 1 aromatic rings. The Balaban J connectivity index is 2.41. The number of halogens is 4. The number of benzene rings is 1. The zero-order valence-electron chi connectivity index (χ0n) is 10.00. The van der Waals surface area contributed by atoms with Gasteiger partial charge in [-0.15, -0.1) is 0 Å². The minimum Gasteiger partial charge on any atom is -0.376 e. The summed E-state index contributed by atoms with van der Waals surface area (Å²) in [5.74, 6) is 0. The Morgan fingerprint density at radius 2 is 1.79 bits per heavy atom. The van der Waals surface area contributed by atoms with Crippen LogP contribution in [0.15, 0.2) is 18.2 Å². The highest BCUT2D eigenvalue weighted by Crippen LogP contribution is 2.40. The van der Waals surface area contributed by atoms with Gasteiger partial charge >= 0.3 is 6.18 Å². The van der Waals surface area contributed by atoms with Crippen LogP contribution in [0.3, 0.4) is 0 Å². The molecule has 0 aliphatic carbocycles. The molecule has 2 rings (SSSR count). The van der Waals surface area contributed by atoms with E-state index in [1.165, 1.54) is 12.1 Å². The third-order valence-corrected chi connectivity index (χ3v) is 3.15. The topological polar surface area (TPSA) is 38.7 Å². The minimum atomic E-state index is -4.80. The molecule has 0 radical (unpaired) electrons. The van der Waals surface area contributed by atoms with Gasteiger partial charge in [-0.05, 0) is 30.7 Å². The van der Waals surface area contributed by atoms with Crippen molar-refractivity contribution >= 4 is 11.6 Å². The number of aliphatic hydroxyl groups is 1. The lowest BCUT2D eigenvalue weighted by Gasteiger charge is -2.27. The van der Waals surface area contributed by atoms with Gasteiger partial charge in [0.25, 0.3) is 0 Å². The van der Waals surface area contributed by atoms with E-state index in [2.05, 4.69) is 0 Å². The largest absolute Gasteiger partial charge is 0.421 e. The van der Waals surface area contributed by atoms with E-state index >= 15 is 0 Å². The standard InChI is InChI=1S/C12H12ClF3O3/c1-11(17,12(14,15)16)8-4-7(5-9(13)6-8)10-18-2-3-19-10/h4-6,10,17H,2-3H2,1H3. The molecule has 0 spiro atoms. The van der Waals surface area contributed by atoms with E-state index in [-0.39, 0.29) is 10.6 Å². The Labute approximate surface area is 112 Å². The predicted molar refractivity (Wildman–Crippen MR) is 61.7 cm³/mol. The third-order valence-electron chi connectivity index (χ3n) is 2.93. The van der Waals surface area contributed by atoms with Crippen LogP contribution >= 0.6 is 11.6 Å². The molecule has 1 fully saturated rings. The van der Waals surface area contributed by atoms with E-state index in [0.29, 0.717) is 25.7 Å². The highest BCUT2D eigenvalue weighted by Gasteiger charge is 2.51. The van der Waals surface area contributed by atoms with Crippen LogP contribution in [0.25, 0.3) is 0 Å². The summed E-state index contributed by atoms with van der Waals surface area (Å²) in [6, 6.07) is 3.72. The molecule has 0 aromatic heterocycles. The Bertz CT molecular complexity index is 468. The quantitative estimate of drug-likeness (QED) is 0.911. The van der Waals surface area contributed by atoms with Crippen molar-refractivity contribution in [3.8, 4) is 0 Å². The van der Waals surface area contributed by atoms with Crippen molar-refractivity contribution in [2.45, 2.75) is 25.0 Å². The first-order valence-electron chi connectivity index (χ1n) is 5.55. The smallest absolute Gasteiger partial charge is 0.376 e. The van der Waals surface area contributed by atoms with Crippen molar-refractivity contribution < 1.29 is 27.8 Å².